The molecule has 0 spiro atoms. The van der Waals surface area contributed by atoms with E-state index in [0.717, 1.165) is 18.8 Å². The Balaban J connectivity index is 1.92. The van der Waals surface area contributed by atoms with Crippen molar-refractivity contribution in [3.05, 3.63) is 53.6 Å². The maximum atomic E-state index is 13.4. The molecule has 0 saturated carbocycles. The summed E-state index contributed by atoms with van der Waals surface area (Å²) in [7, 11) is 5.12. The Bertz CT molecular complexity index is 1010. The second-order valence-corrected chi connectivity index (χ2v) is 9.27. The van der Waals surface area contributed by atoms with Crippen LogP contribution in [0, 0.1) is 5.92 Å². The number of nitrogens with zero attached hydrogens (tertiary/aromatic N) is 2. The normalized spacial score (nSPS) is 21.8. The van der Waals surface area contributed by atoms with Gasteiger partial charge in [0, 0.05) is 52.4 Å². The smallest absolute Gasteiger partial charge is 0.257 e. The van der Waals surface area contributed by atoms with Crippen LogP contribution in [0.25, 0.3) is 0 Å². The van der Waals surface area contributed by atoms with Crippen molar-refractivity contribution in [3.8, 4) is 11.5 Å². The number of hydrogen-bond acceptors (Lipinski definition) is 6. The summed E-state index contributed by atoms with van der Waals surface area (Å²) in [4.78, 5) is 28.9. The number of benzene rings is 2. The van der Waals surface area contributed by atoms with Gasteiger partial charge in [-0.2, -0.15) is 0 Å². The van der Waals surface area contributed by atoms with Gasteiger partial charge in [0.05, 0.1) is 18.8 Å². The number of fused-ring (bicyclic) bond motifs is 1. The van der Waals surface area contributed by atoms with Gasteiger partial charge >= 0.3 is 0 Å². The molecule has 0 bridgehead atoms. The van der Waals surface area contributed by atoms with E-state index in [2.05, 4.69) is 36.2 Å². The van der Waals surface area contributed by atoms with E-state index in [4.69, 9.17) is 14.2 Å². The number of methoxy groups -OCH3 is 2. The zero-order chi connectivity index (χ0) is 25.5. The van der Waals surface area contributed by atoms with Crippen molar-refractivity contribution in [3.63, 3.8) is 0 Å². The van der Waals surface area contributed by atoms with Crippen LogP contribution < -0.4 is 14.8 Å². The molecule has 2 amide bonds. The van der Waals surface area contributed by atoms with Gasteiger partial charge in [0.25, 0.3) is 5.91 Å². The summed E-state index contributed by atoms with van der Waals surface area (Å²) in [5.74, 6) is 1.12. The number of anilines is 1. The van der Waals surface area contributed by atoms with Crippen molar-refractivity contribution in [1.29, 1.82) is 0 Å². The lowest BCUT2D eigenvalue weighted by molar-refractivity contribution is -0.114. The molecular weight excluding hydrogens is 446 g/mol. The largest absolute Gasteiger partial charge is 0.497 e. The Labute approximate surface area is 208 Å². The van der Waals surface area contributed by atoms with E-state index in [1.165, 1.54) is 12.5 Å². The molecule has 0 saturated heterocycles. The third-order valence-electron chi connectivity index (χ3n) is 6.44. The molecule has 8 nitrogen and oxygen atoms in total. The Morgan fingerprint density at radius 2 is 1.83 bits per heavy atom. The second-order valence-electron chi connectivity index (χ2n) is 9.27. The van der Waals surface area contributed by atoms with Crippen molar-refractivity contribution < 1.29 is 23.8 Å². The highest BCUT2D eigenvalue weighted by Crippen LogP contribution is 2.27. The lowest BCUT2D eigenvalue weighted by Crippen LogP contribution is -2.46. The summed E-state index contributed by atoms with van der Waals surface area (Å²) in [6, 6.07) is 13.3. The van der Waals surface area contributed by atoms with Crippen LogP contribution in [-0.4, -0.2) is 74.7 Å². The number of amides is 2. The summed E-state index contributed by atoms with van der Waals surface area (Å²) in [5, 5.41) is 2.75. The summed E-state index contributed by atoms with van der Waals surface area (Å²) < 4.78 is 17.3. The van der Waals surface area contributed by atoms with Gasteiger partial charge in [-0.05, 0) is 48.7 Å². The molecule has 2 aromatic carbocycles. The topological polar surface area (TPSA) is 80.3 Å². The second kappa shape index (κ2) is 12.0. The van der Waals surface area contributed by atoms with Gasteiger partial charge in [-0.15, -0.1) is 0 Å². The highest BCUT2D eigenvalue weighted by atomic mass is 16.5. The minimum absolute atomic E-state index is 0.0761. The minimum atomic E-state index is -0.198. The molecule has 0 fully saturated rings. The number of carbonyl (C=O) groups is 2. The number of nitrogens with one attached hydrogen (secondary N) is 1. The van der Waals surface area contributed by atoms with Gasteiger partial charge in [0.2, 0.25) is 5.91 Å². The number of rotatable bonds is 5. The van der Waals surface area contributed by atoms with Crippen LogP contribution in [0.2, 0.25) is 0 Å². The SMILES string of the molecule is COc1ccc(CN2C[C@@H](C)[C@@H](OC)CN(C)C(=O)c3cc(NC(C)=O)ccc3OC[C@@H]2C)cc1. The summed E-state index contributed by atoms with van der Waals surface area (Å²) in [6.45, 7) is 8.09. The molecule has 8 heteroatoms. The van der Waals surface area contributed by atoms with Crippen molar-refractivity contribution in [2.24, 2.45) is 5.92 Å². The zero-order valence-electron chi connectivity index (χ0n) is 21.5. The molecular formula is C27H37N3O5. The van der Waals surface area contributed by atoms with E-state index in [0.29, 0.717) is 30.2 Å². The molecule has 0 aromatic heterocycles. The van der Waals surface area contributed by atoms with Crippen LogP contribution in [0.4, 0.5) is 5.69 Å². The monoisotopic (exact) mass is 483 g/mol. The van der Waals surface area contributed by atoms with Gasteiger partial charge in [-0.3, -0.25) is 14.5 Å². The first-order valence-corrected chi connectivity index (χ1v) is 11.9. The van der Waals surface area contributed by atoms with Crippen LogP contribution in [0.1, 0.15) is 36.7 Å². The van der Waals surface area contributed by atoms with Gasteiger partial charge in [0.1, 0.15) is 18.1 Å². The average molecular weight is 484 g/mol. The first kappa shape index (κ1) is 26.5. The van der Waals surface area contributed by atoms with Crippen LogP contribution in [0.15, 0.2) is 42.5 Å². The van der Waals surface area contributed by atoms with Crippen molar-refractivity contribution in [2.75, 3.05) is 46.3 Å². The molecule has 0 unspecified atom stereocenters. The predicted octanol–water partition coefficient (Wildman–Crippen LogP) is 3.66. The third-order valence-corrected chi connectivity index (χ3v) is 6.44. The molecule has 3 rings (SSSR count). The molecule has 1 aliphatic rings. The Hall–Kier alpha value is -3.10. The van der Waals surface area contributed by atoms with Gasteiger partial charge < -0.3 is 24.4 Å². The first-order chi connectivity index (χ1) is 16.7. The Morgan fingerprint density at radius 3 is 2.46 bits per heavy atom. The van der Waals surface area contributed by atoms with E-state index in [1.807, 2.05) is 12.1 Å². The minimum Gasteiger partial charge on any atom is -0.497 e. The molecule has 190 valence electrons. The van der Waals surface area contributed by atoms with Crippen LogP contribution in [0.5, 0.6) is 11.5 Å². The average Bonchev–Trinajstić information content (AvgIpc) is 2.84. The molecule has 2 aromatic rings. The molecule has 0 radical (unpaired) electrons. The highest BCUT2D eigenvalue weighted by molar-refractivity contribution is 5.99. The van der Waals surface area contributed by atoms with Gasteiger partial charge in [0.15, 0.2) is 0 Å². The molecule has 1 heterocycles. The predicted molar refractivity (Wildman–Crippen MR) is 136 cm³/mol. The van der Waals surface area contributed by atoms with Crippen molar-refractivity contribution >= 4 is 17.5 Å². The number of likely N-dealkylation sites (N-methyl/N-ethyl adjacent to an activating group) is 1. The van der Waals surface area contributed by atoms with Gasteiger partial charge in [-0.25, -0.2) is 0 Å². The zero-order valence-corrected chi connectivity index (χ0v) is 21.5. The standard InChI is InChI=1S/C27H37N3O5/c1-18-14-30(15-21-7-10-23(33-5)11-8-21)19(2)17-35-25-12-9-22(28-20(3)31)13-24(25)27(32)29(4)16-26(18)34-6/h7-13,18-19,26H,14-17H2,1-6H3,(H,28,31)/t18-,19+,26+/m1/s1. The molecule has 1 N–H and O–H groups in total. The lowest BCUT2D eigenvalue weighted by Gasteiger charge is -2.36. The van der Waals surface area contributed by atoms with Gasteiger partial charge in [-0.1, -0.05) is 19.1 Å². The van der Waals surface area contributed by atoms with E-state index in [9.17, 15) is 9.59 Å². The lowest BCUT2D eigenvalue weighted by atomic mass is 10.0. The van der Waals surface area contributed by atoms with Crippen LogP contribution >= 0.6 is 0 Å². The maximum Gasteiger partial charge on any atom is 0.257 e. The van der Waals surface area contributed by atoms with Crippen LogP contribution in [-0.2, 0) is 16.1 Å². The summed E-state index contributed by atoms with van der Waals surface area (Å²) in [5.41, 5.74) is 2.15. The fourth-order valence-corrected chi connectivity index (χ4v) is 4.32. The van der Waals surface area contributed by atoms with Crippen molar-refractivity contribution in [1.82, 2.24) is 9.80 Å². The fraction of sp³-hybridized carbons (Fsp3) is 0.481. The number of carbonyl (C=O) groups excluding carboxylic acids is 2. The quantitative estimate of drug-likeness (QED) is 0.699. The molecule has 3 atom stereocenters. The van der Waals surface area contributed by atoms with E-state index >= 15 is 0 Å². The highest BCUT2D eigenvalue weighted by Gasteiger charge is 2.28. The fourth-order valence-electron chi connectivity index (χ4n) is 4.32. The Morgan fingerprint density at radius 1 is 1.11 bits per heavy atom. The first-order valence-electron chi connectivity index (χ1n) is 11.9. The van der Waals surface area contributed by atoms with Crippen molar-refractivity contribution in [2.45, 2.75) is 39.5 Å². The summed E-state index contributed by atoms with van der Waals surface area (Å²) >= 11 is 0. The molecule has 1 aliphatic heterocycles. The molecule has 35 heavy (non-hydrogen) atoms. The third kappa shape index (κ3) is 6.96. The Kier molecular flexibility index (Phi) is 9.12. The maximum absolute atomic E-state index is 13.4. The summed E-state index contributed by atoms with van der Waals surface area (Å²) in [6.07, 6.45) is -0.142. The number of ether oxygens (including phenoxy) is 3. The van der Waals surface area contributed by atoms with E-state index in [-0.39, 0.29) is 29.9 Å². The number of hydrogen-bond donors (Lipinski definition) is 1. The molecule has 0 aliphatic carbocycles. The van der Waals surface area contributed by atoms with E-state index in [1.54, 1.807) is 44.4 Å². The van der Waals surface area contributed by atoms with E-state index < -0.39 is 0 Å². The van der Waals surface area contributed by atoms with Crippen LogP contribution in [0.3, 0.4) is 0 Å².